The van der Waals surface area contributed by atoms with E-state index in [1.165, 1.54) is 49.0 Å². The Kier molecular flexibility index (Phi) is 4.51. The zero-order valence-corrected chi connectivity index (χ0v) is 13.7. The Morgan fingerprint density at radius 1 is 1.24 bits per heavy atom. The van der Waals surface area contributed by atoms with Crippen LogP contribution in [0.2, 0.25) is 0 Å². The average molecular weight is 287 g/mol. The maximum atomic E-state index is 3.60. The highest BCUT2D eigenvalue weighted by atomic mass is 15.2. The second-order valence-electron chi connectivity index (χ2n) is 7.03. The van der Waals surface area contributed by atoms with E-state index in [4.69, 9.17) is 0 Å². The van der Waals surface area contributed by atoms with Crippen molar-refractivity contribution in [1.82, 2.24) is 10.2 Å². The number of nitrogens with one attached hydrogen (secondary N) is 1. The van der Waals surface area contributed by atoms with E-state index in [1.54, 1.807) is 0 Å². The molecule has 1 unspecified atom stereocenters. The van der Waals surface area contributed by atoms with Gasteiger partial charge in [0.25, 0.3) is 0 Å². The summed E-state index contributed by atoms with van der Waals surface area (Å²) in [7, 11) is 4.35. The zero-order chi connectivity index (χ0) is 14.8. The second kappa shape index (κ2) is 6.37. The first-order valence-corrected chi connectivity index (χ1v) is 8.38. The van der Waals surface area contributed by atoms with Gasteiger partial charge in [0.2, 0.25) is 0 Å². The van der Waals surface area contributed by atoms with Crippen molar-refractivity contribution in [2.75, 3.05) is 32.1 Å². The molecule has 0 aromatic heterocycles. The number of hydrogen-bond donors (Lipinski definition) is 1. The van der Waals surface area contributed by atoms with E-state index in [9.17, 15) is 0 Å². The molecule has 0 bridgehead atoms. The Morgan fingerprint density at radius 2 is 2.05 bits per heavy atom. The quantitative estimate of drug-likeness (QED) is 0.868. The second-order valence-corrected chi connectivity index (χ2v) is 7.03. The minimum atomic E-state index is 0.675. The van der Waals surface area contributed by atoms with E-state index >= 15 is 0 Å². The molecule has 3 rings (SSSR count). The smallest absolute Gasteiger partial charge is 0.0417 e. The molecule has 1 heterocycles. The van der Waals surface area contributed by atoms with Crippen LogP contribution < -0.4 is 10.2 Å². The molecule has 3 nitrogen and oxygen atoms in total. The first-order chi connectivity index (χ1) is 10.1. The van der Waals surface area contributed by atoms with Gasteiger partial charge in [-0.1, -0.05) is 12.1 Å². The molecular weight excluding hydrogens is 258 g/mol. The molecule has 1 saturated heterocycles. The van der Waals surface area contributed by atoms with Crippen molar-refractivity contribution in [2.24, 2.45) is 0 Å². The fraction of sp³-hybridized carbons (Fsp3) is 0.667. The van der Waals surface area contributed by atoms with Crippen molar-refractivity contribution in [3.63, 3.8) is 0 Å². The van der Waals surface area contributed by atoms with Crippen LogP contribution in [0.25, 0.3) is 0 Å². The summed E-state index contributed by atoms with van der Waals surface area (Å²) in [5.41, 5.74) is 4.29. The number of anilines is 1. The van der Waals surface area contributed by atoms with Gasteiger partial charge in [-0.25, -0.2) is 0 Å². The minimum Gasteiger partial charge on any atom is -0.367 e. The van der Waals surface area contributed by atoms with Gasteiger partial charge in [-0.15, -0.1) is 0 Å². The lowest BCUT2D eigenvalue weighted by Gasteiger charge is -2.30. The fourth-order valence-electron chi connectivity index (χ4n) is 3.46. The number of likely N-dealkylation sites (N-methyl/N-ethyl adjacent to an activating group) is 1. The first kappa shape index (κ1) is 14.9. The Labute approximate surface area is 129 Å². The highest BCUT2D eigenvalue weighted by Crippen LogP contribution is 2.29. The largest absolute Gasteiger partial charge is 0.367 e. The lowest BCUT2D eigenvalue weighted by atomic mass is 10.1. The first-order valence-electron chi connectivity index (χ1n) is 8.38. The molecule has 21 heavy (non-hydrogen) atoms. The molecule has 3 heteroatoms. The predicted molar refractivity (Wildman–Crippen MR) is 90.0 cm³/mol. The molecule has 0 spiro atoms. The van der Waals surface area contributed by atoms with Gasteiger partial charge in [0.1, 0.15) is 0 Å². The number of nitrogens with zero attached hydrogens (tertiary/aromatic N) is 2. The topological polar surface area (TPSA) is 18.5 Å². The maximum Gasteiger partial charge on any atom is 0.0417 e. The van der Waals surface area contributed by atoms with Gasteiger partial charge in [0.05, 0.1) is 0 Å². The van der Waals surface area contributed by atoms with Crippen molar-refractivity contribution < 1.29 is 0 Å². The zero-order valence-electron chi connectivity index (χ0n) is 13.7. The van der Waals surface area contributed by atoms with E-state index in [0.29, 0.717) is 6.04 Å². The van der Waals surface area contributed by atoms with Crippen LogP contribution in [-0.2, 0) is 6.54 Å². The van der Waals surface area contributed by atoms with E-state index in [1.807, 2.05) is 0 Å². The molecule has 1 atom stereocenters. The van der Waals surface area contributed by atoms with Gasteiger partial charge in [0, 0.05) is 37.4 Å². The Bertz CT molecular complexity index is 479. The molecule has 2 fully saturated rings. The summed E-state index contributed by atoms with van der Waals surface area (Å²) in [6, 6.07) is 8.48. The molecule has 0 radical (unpaired) electrons. The van der Waals surface area contributed by atoms with Crippen molar-refractivity contribution in [3.8, 4) is 0 Å². The van der Waals surface area contributed by atoms with Crippen LogP contribution in [0.4, 0.5) is 5.69 Å². The number of benzene rings is 1. The number of hydrogen-bond acceptors (Lipinski definition) is 3. The Morgan fingerprint density at radius 3 is 2.71 bits per heavy atom. The third kappa shape index (κ3) is 3.78. The third-order valence-corrected chi connectivity index (χ3v) is 4.70. The van der Waals surface area contributed by atoms with Crippen LogP contribution in [0, 0.1) is 6.92 Å². The van der Waals surface area contributed by atoms with Crippen LogP contribution in [0.15, 0.2) is 18.2 Å². The molecule has 1 saturated carbocycles. The number of rotatable bonds is 6. The van der Waals surface area contributed by atoms with Gasteiger partial charge >= 0.3 is 0 Å². The van der Waals surface area contributed by atoms with Gasteiger partial charge in [-0.2, -0.15) is 0 Å². The van der Waals surface area contributed by atoms with Crippen LogP contribution in [-0.4, -0.2) is 44.2 Å². The predicted octanol–water partition coefficient (Wildman–Crippen LogP) is 2.78. The molecule has 1 aliphatic heterocycles. The van der Waals surface area contributed by atoms with E-state index in [2.05, 4.69) is 54.3 Å². The summed E-state index contributed by atoms with van der Waals surface area (Å²) in [5.74, 6) is 0. The molecule has 1 aromatic rings. The molecule has 1 N–H and O–H groups in total. The van der Waals surface area contributed by atoms with Crippen molar-refractivity contribution in [3.05, 3.63) is 29.3 Å². The Balaban J connectivity index is 1.68. The van der Waals surface area contributed by atoms with Crippen molar-refractivity contribution in [1.29, 1.82) is 0 Å². The van der Waals surface area contributed by atoms with Gasteiger partial charge < -0.3 is 15.1 Å². The normalized spacial score (nSPS) is 22.3. The molecule has 2 aliphatic rings. The summed E-state index contributed by atoms with van der Waals surface area (Å²) in [5, 5.41) is 3.60. The minimum absolute atomic E-state index is 0.675. The standard InChI is InChI=1S/C18H29N3/c1-14-11-15(12-19-16-7-8-16)6-9-18(14)21-10-4-5-17(21)13-20(2)3/h6,9,11,16-17,19H,4-5,7-8,10,12-13H2,1-3H3. The average Bonchev–Trinajstić information content (AvgIpc) is 3.16. The van der Waals surface area contributed by atoms with E-state index in [-0.39, 0.29) is 0 Å². The lowest BCUT2D eigenvalue weighted by molar-refractivity contribution is 0.372. The lowest BCUT2D eigenvalue weighted by Crippen LogP contribution is -2.37. The fourth-order valence-corrected chi connectivity index (χ4v) is 3.46. The molecule has 1 aliphatic carbocycles. The summed E-state index contributed by atoms with van der Waals surface area (Å²) < 4.78 is 0. The summed E-state index contributed by atoms with van der Waals surface area (Å²) in [6.07, 6.45) is 5.36. The summed E-state index contributed by atoms with van der Waals surface area (Å²) in [4.78, 5) is 4.93. The molecule has 116 valence electrons. The summed E-state index contributed by atoms with van der Waals surface area (Å²) in [6.45, 7) is 5.65. The van der Waals surface area contributed by atoms with E-state index < -0.39 is 0 Å². The highest BCUT2D eigenvalue weighted by Gasteiger charge is 2.26. The third-order valence-electron chi connectivity index (χ3n) is 4.70. The highest BCUT2D eigenvalue weighted by molar-refractivity contribution is 5.56. The molecular formula is C18H29N3. The van der Waals surface area contributed by atoms with Crippen molar-refractivity contribution in [2.45, 2.75) is 51.2 Å². The number of aryl methyl sites for hydroxylation is 1. The summed E-state index contributed by atoms with van der Waals surface area (Å²) >= 11 is 0. The van der Waals surface area contributed by atoms with Crippen LogP contribution in [0.5, 0.6) is 0 Å². The van der Waals surface area contributed by atoms with Gasteiger partial charge in [-0.3, -0.25) is 0 Å². The van der Waals surface area contributed by atoms with Gasteiger partial charge in [0.15, 0.2) is 0 Å². The monoisotopic (exact) mass is 287 g/mol. The molecule has 0 amide bonds. The van der Waals surface area contributed by atoms with Crippen LogP contribution in [0.1, 0.15) is 36.8 Å². The van der Waals surface area contributed by atoms with Crippen molar-refractivity contribution >= 4 is 5.69 Å². The SMILES string of the molecule is Cc1cc(CNC2CC2)ccc1N1CCCC1CN(C)C. The van der Waals surface area contributed by atoms with E-state index in [0.717, 1.165) is 19.1 Å². The molecule has 1 aromatic carbocycles. The van der Waals surface area contributed by atoms with Crippen LogP contribution >= 0.6 is 0 Å². The van der Waals surface area contributed by atoms with Gasteiger partial charge in [-0.05, 0) is 63.9 Å². The van der Waals surface area contributed by atoms with Crippen LogP contribution in [0.3, 0.4) is 0 Å². The maximum absolute atomic E-state index is 3.60. The Hall–Kier alpha value is -1.06.